The summed E-state index contributed by atoms with van der Waals surface area (Å²) in [5.41, 5.74) is 9.08. The predicted octanol–water partition coefficient (Wildman–Crippen LogP) is 3.03. The van der Waals surface area contributed by atoms with Crippen LogP contribution in [0.4, 0.5) is 0 Å². The molecule has 1 saturated heterocycles. The van der Waals surface area contributed by atoms with Gasteiger partial charge >= 0.3 is 0 Å². The fourth-order valence-corrected chi connectivity index (χ4v) is 3.92. The van der Waals surface area contributed by atoms with Gasteiger partial charge in [0, 0.05) is 42.2 Å². The van der Waals surface area contributed by atoms with Crippen molar-refractivity contribution in [3.63, 3.8) is 0 Å². The molecule has 2 N–H and O–H groups in total. The fraction of sp³-hybridized carbons (Fsp3) is 0.368. The lowest BCUT2D eigenvalue weighted by Crippen LogP contribution is -2.20. The quantitative estimate of drug-likeness (QED) is 0.764. The molecular weight excluding hydrogens is 334 g/mol. The van der Waals surface area contributed by atoms with Crippen LogP contribution >= 0.6 is 11.6 Å². The molecule has 0 aliphatic carbocycles. The molecule has 25 heavy (non-hydrogen) atoms. The summed E-state index contributed by atoms with van der Waals surface area (Å²) in [5.74, 6) is 0.435. The average molecular weight is 356 g/mol. The Labute approximate surface area is 152 Å². The molecule has 0 saturated carbocycles. The largest absolute Gasteiger partial charge is 0.329 e. The summed E-state index contributed by atoms with van der Waals surface area (Å²) in [7, 11) is 0. The number of hydrogen-bond donors (Lipinski definition) is 1. The third-order valence-electron chi connectivity index (χ3n) is 4.83. The number of nitrogens with zero attached hydrogens (tertiary/aromatic N) is 4. The Hall–Kier alpha value is -1.95. The maximum atomic E-state index is 6.10. The zero-order valence-electron chi connectivity index (χ0n) is 14.1. The van der Waals surface area contributed by atoms with Crippen LogP contribution in [-0.4, -0.2) is 39.3 Å². The molecule has 5 nitrogen and oxygen atoms in total. The topological polar surface area (TPSA) is 60.0 Å². The molecule has 4 rings (SSSR count). The van der Waals surface area contributed by atoms with Gasteiger partial charge in [-0.1, -0.05) is 23.7 Å². The van der Waals surface area contributed by atoms with Crippen LogP contribution in [0.2, 0.25) is 5.02 Å². The minimum atomic E-state index is 0.435. The molecule has 1 aliphatic rings. The Balaban J connectivity index is 1.54. The highest BCUT2D eigenvalue weighted by atomic mass is 35.5. The van der Waals surface area contributed by atoms with Gasteiger partial charge in [-0.2, -0.15) is 5.10 Å². The molecule has 6 heteroatoms. The zero-order valence-corrected chi connectivity index (χ0v) is 14.9. The van der Waals surface area contributed by atoms with Crippen LogP contribution in [0.3, 0.4) is 0 Å². The first-order valence-corrected chi connectivity index (χ1v) is 9.10. The average Bonchev–Trinajstić information content (AvgIpc) is 3.20. The highest BCUT2D eigenvalue weighted by molar-refractivity contribution is 6.30. The number of fused-ring (bicyclic) bond motifs is 1. The molecule has 0 radical (unpaired) electrons. The normalized spacial score (nSPS) is 18.2. The fourth-order valence-electron chi connectivity index (χ4n) is 3.71. The number of rotatable bonds is 5. The van der Waals surface area contributed by atoms with E-state index in [0.29, 0.717) is 19.0 Å². The molecule has 130 valence electrons. The van der Waals surface area contributed by atoms with Gasteiger partial charge in [0.05, 0.1) is 12.2 Å². The van der Waals surface area contributed by atoms with Crippen molar-refractivity contribution in [1.29, 1.82) is 0 Å². The highest BCUT2D eigenvalue weighted by Gasteiger charge is 2.28. The first kappa shape index (κ1) is 16.5. The minimum Gasteiger partial charge on any atom is -0.329 e. The number of aromatic nitrogens is 3. The molecular formula is C19H22ClN5. The van der Waals surface area contributed by atoms with E-state index in [0.717, 1.165) is 47.8 Å². The molecule has 1 aliphatic heterocycles. The second-order valence-electron chi connectivity index (χ2n) is 6.62. The SMILES string of the molecule is NCCn1nc([C@H]2CCN(Cc3cccc(Cl)c3)C2)c2cccnc21. The van der Waals surface area contributed by atoms with Crippen molar-refractivity contribution in [3.05, 3.63) is 58.9 Å². The molecule has 3 aromatic rings. The van der Waals surface area contributed by atoms with Crippen LogP contribution in [-0.2, 0) is 13.1 Å². The third-order valence-corrected chi connectivity index (χ3v) is 5.07. The molecule has 0 spiro atoms. The Morgan fingerprint density at radius 1 is 1.24 bits per heavy atom. The van der Waals surface area contributed by atoms with Gasteiger partial charge in [-0.05, 0) is 42.8 Å². The Bertz CT molecular complexity index is 875. The molecule has 3 heterocycles. The van der Waals surface area contributed by atoms with Gasteiger partial charge in [0.15, 0.2) is 5.65 Å². The number of nitrogens with two attached hydrogens (primary N) is 1. The summed E-state index contributed by atoms with van der Waals surface area (Å²) in [5, 5.41) is 6.80. The van der Waals surface area contributed by atoms with Gasteiger partial charge in [-0.3, -0.25) is 4.90 Å². The molecule has 2 aromatic heterocycles. The molecule has 0 bridgehead atoms. The standard InChI is InChI=1S/C19H22ClN5/c20-16-4-1-3-14(11-16)12-24-9-6-15(13-24)18-17-5-2-8-22-19(17)25(23-18)10-7-21/h1-5,8,11,15H,6-7,9-10,12-13,21H2/t15-/m0/s1. The van der Waals surface area contributed by atoms with Crippen molar-refractivity contribution in [2.24, 2.45) is 5.73 Å². The first-order chi connectivity index (χ1) is 12.2. The van der Waals surface area contributed by atoms with E-state index < -0.39 is 0 Å². The van der Waals surface area contributed by atoms with Crippen LogP contribution in [0.1, 0.15) is 23.6 Å². The van der Waals surface area contributed by atoms with Gasteiger partial charge in [0.2, 0.25) is 0 Å². The number of pyridine rings is 1. The monoisotopic (exact) mass is 355 g/mol. The van der Waals surface area contributed by atoms with E-state index >= 15 is 0 Å². The van der Waals surface area contributed by atoms with E-state index in [1.54, 1.807) is 0 Å². The lowest BCUT2D eigenvalue weighted by molar-refractivity contribution is 0.326. The second kappa shape index (κ2) is 7.12. The second-order valence-corrected chi connectivity index (χ2v) is 7.06. The van der Waals surface area contributed by atoms with Crippen molar-refractivity contribution < 1.29 is 0 Å². The van der Waals surface area contributed by atoms with Gasteiger partial charge in [0.1, 0.15) is 0 Å². The summed E-state index contributed by atoms with van der Waals surface area (Å²) >= 11 is 6.10. The third kappa shape index (κ3) is 3.40. The van der Waals surface area contributed by atoms with Gasteiger partial charge in [-0.25, -0.2) is 9.67 Å². The first-order valence-electron chi connectivity index (χ1n) is 8.73. The number of likely N-dealkylation sites (tertiary alicyclic amines) is 1. The lowest BCUT2D eigenvalue weighted by atomic mass is 10.0. The van der Waals surface area contributed by atoms with Gasteiger partial charge in [0.25, 0.3) is 0 Å². The van der Waals surface area contributed by atoms with Crippen molar-refractivity contribution in [2.45, 2.75) is 25.4 Å². The lowest BCUT2D eigenvalue weighted by Gasteiger charge is -2.15. The van der Waals surface area contributed by atoms with Crippen molar-refractivity contribution in [3.8, 4) is 0 Å². The summed E-state index contributed by atoms with van der Waals surface area (Å²) < 4.78 is 1.95. The summed E-state index contributed by atoms with van der Waals surface area (Å²) in [4.78, 5) is 6.98. The highest BCUT2D eigenvalue weighted by Crippen LogP contribution is 2.32. The van der Waals surface area contributed by atoms with Crippen molar-refractivity contribution in [2.75, 3.05) is 19.6 Å². The smallest absolute Gasteiger partial charge is 0.158 e. The Kier molecular flexibility index (Phi) is 4.70. The molecule has 1 fully saturated rings. The Morgan fingerprint density at radius 3 is 3.00 bits per heavy atom. The molecule has 0 unspecified atom stereocenters. The predicted molar refractivity (Wildman–Crippen MR) is 101 cm³/mol. The molecule has 1 atom stereocenters. The van der Waals surface area contributed by atoms with Crippen LogP contribution in [0.15, 0.2) is 42.6 Å². The zero-order chi connectivity index (χ0) is 17.2. The van der Waals surface area contributed by atoms with Gasteiger partial charge < -0.3 is 5.73 Å². The summed E-state index contributed by atoms with van der Waals surface area (Å²) in [6.45, 7) is 4.28. The van der Waals surface area contributed by atoms with Crippen molar-refractivity contribution in [1.82, 2.24) is 19.7 Å². The van der Waals surface area contributed by atoms with Crippen molar-refractivity contribution >= 4 is 22.6 Å². The van der Waals surface area contributed by atoms with Crippen LogP contribution in [0, 0.1) is 0 Å². The Morgan fingerprint density at radius 2 is 2.16 bits per heavy atom. The van der Waals surface area contributed by atoms with E-state index in [1.165, 1.54) is 5.56 Å². The van der Waals surface area contributed by atoms with E-state index in [2.05, 4.69) is 22.0 Å². The number of hydrogen-bond acceptors (Lipinski definition) is 4. The van der Waals surface area contributed by atoms with Crippen LogP contribution in [0.5, 0.6) is 0 Å². The number of halogens is 1. The maximum absolute atomic E-state index is 6.10. The van der Waals surface area contributed by atoms with Crippen LogP contribution < -0.4 is 5.73 Å². The van der Waals surface area contributed by atoms with Gasteiger partial charge in [-0.15, -0.1) is 0 Å². The minimum absolute atomic E-state index is 0.435. The maximum Gasteiger partial charge on any atom is 0.158 e. The van der Waals surface area contributed by atoms with E-state index in [4.69, 9.17) is 22.4 Å². The van der Waals surface area contributed by atoms with E-state index in [-0.39, 0.29) is 0 Å². The van der Waals surface area contributed by atoms with Crippen LogP contribution in [0.25, 0.3) is 11.0 Å². The summed E-state index contributed by atoms with van der Waals surface area (Å²) in [6.07, 6.45) is 2.94. The summed E-state index contributed by atoms with van der Waals surface area (Å²) in [6, 6.07) is 12.2. The van der Waals surface area contributed by atoms with E-state index in [1.807, 2.05) is 35.1 Å². The number of benzene rings is 1. The molecule has 0 amide bonds. The van der Waals surface area contributed by atoms with E-state index in [9.17, 15) is 0 Å². The molecule has 1 aromatic carbocycles.